The molecule has 98 valence electrons. The topological polar surface area (TPSA) is 3.24 Å². The van der Waals surface area contributed by atoms with Crippen molar-refractivity contribution in [2.24, 2.45) is 0 Å². The highest BCUT2D eigenvalue weighted by atomic mass is 15.1. The summed E-state index contributed by atoms with van der Waals surface area (Å²) in [4.78, 5) is 2.45. The van der Waals surface area contributed by atoms with E-state index in [9.17, 15) is 0 Å². The fourth-order valence-electron chi connectivity index (χ4n) is 2.69. The zero-order valence-corrected chi connectivity index (χ0v) is 11.7. The van der Waals surface area contributed by atoms with Crippen LogP contribution in [0.3, 0.4) is 0 Å². The standard InChI is InChI=1S/C18H18BN/c1-2-13-19-14-12-17-10-6-7-11-18(17)20(19)15-16-8-4-3-5-9-16/h2-14H,15H2,1H3/b13-2+. The number of hydrogen-bond acceptors (Lipinski definition) is 1. The zero-order valence-electron chi connectivity index (χ0n) is 11.7. The maximum absolute atomic E-state index is 2.45. The van der Waals surface area contributed by atoms with Crippen LogP contribution in [0.15, 0.2) is 72.6 Å². The first-order valence-corrected chi connectivity index (χ1v) is 7.09. The molecule has 0 fully saturated rings. The Labute approximate surface area is 121 Å². The molecule has 1 aliphatic rings. The molecule has 2 heteroatoms. The minimum absolute atomic E-state index is 0.329. The molecule has 1 heterocycles. The van der Waals surface area contributed by atoms with Gasteiger partial charge in [0.05, 0.1) is 0 Å². The Morgan fingerprint density at radius 1 is 1.00 bits per heavy atom. The lowest BCUT2D eigenvalue weighted by Crippen LogP contribution is -2.38. The summed E-state index contributed by atoms with van der Waals surface area (Å²) in [5.41, 5.74) is 3.94. The van der Waals surface area contributed by atoms with Gasteiger partial charge in [0.2, 0.25) is 0 Å². The first-order valence-electron chi connectivity index (χ1n) is 7.09. The minimum Gasteiger partial charge on any atom is -0.403 e. The quantitative estimate of drug-likeness (QED) is 0.740. The largest absolute Gasteiger partial charge is 0.403 e. The van der Waals surface area contributed by atoms with Crippen molar-refractivity contribution in [3.8, 4) is 0 Å². The Hall–Kier alpha value is -2.22. The monoisotopic (exact) mass is 259 g/mol. The summed E-state index contributed by atoms with van der Waals surface area (Å²) < 4.78 is 0. The lowest BCUT2D eigenvalue weighted by molar-refractivity contribution is 1.02. The van der Waals surface area contributed by atoms with Gasteiger partial charge in [-0.1, -0.05) is 72.6 Å². The van der Waals surface area contributed by atoms with Crippen molar-refractivity contribution in [1.82, 2.24) is 0 Å². The summed E-state index contributed by atoms with van der Waals surface area (Å²) in [5, 5.41) is 0. The summed E-state index contributed by atoms with van der Waals surface area (Å²) in [5.74, 6) is 4.51. The third kappa shape index (κ3) is 2.55. The third-order valence-electron chi connectivity index (χ3n) is 3.66. The Balaban J connectivity index is 1.97. The van der Waals surface area contributed by atoms with Gasteiger partial charge in [-0.05, 0) is 24.1 Å². The van der Waals surface area contributed by atoms with E-state index in [0.717, 1.165) is 6.54 Å². The van der Waals surface area contributed by atoms with E-state index in [1.807, 2.05) is 0 Å². The van der Waals surface area contributed by atoms with Crippen LogP contribution in [0, 0.1) is 0 Å². The Kier molecular flexibility index (Phi) is 3.73. The number of anilines is 1. The molecule has 0 radical (unpaired) electrons. The number of benzene rings is 2. The number of hydrogen-bond donors (Lipinski definition) is 0. The number of nitrogens with zero attached hydrogens (tertiary/aromatic N) is 1. The molecular weight excluding hydrogens is 241 g/mol. The highest BCUT2D eigenvalue weighted by Crippen LogP contribution is 2.29. The SMILES string of the molecule is C/C=C/B1C=Cc2ccccc2N1Cc1ccccc1. The Morgan fingerprint density at radius 3 is 2.55 bits per heavy atom. The Morgan fingerprint density at radius 2 is 1.75 bits per heavy atom. The van der Waals surface area contributed by atoms with Gasteiger partial charge in [0.1, 0.15) is 0 Å². The summed E-state index contributed by atoms with van der Waals surface area (Å²) in [6, 6.07) is 19.2. The van der Waals surface area contributed by atoms with Crippen molar-refractivity contribution < 1.29 is 0 Å². The number of allylic oxidation sites excluding steroid dienone is 1. The number of rotatable bonds is 3. The highest BCUT2D eigenvalue weighted by Gasteiger charge is 2.23. The molecule has 0 saturated heterocycles. The molecule has 0 saturated carbocycles. The van der Waals surface area contributed by atoms with Crippen molar-refractivity contribution in [1.29, 1.82) is 0 Å². The van der Waals surface area contributed by atoms with Crippen molar-refractivity contribution in [2.75, 3.05) is 4.81 Å². The van der Waals surface area contributed by atoms with Crippen LogP contribution in [0.1, 0.15) is 18.1 Å². The maximum Gasteiger partial charge on any atom is 0.308 e. The van der Waals surface area contributed by atoms with Gasteiger partial charge in [-0.25, -0.2) is 0 Å². The van der Waals surface area contributed by atoms with Crippen LogP contribution in [-0.4, -0.2) is 6.85 Å². The van der Waals surface area contributed by atoms with Crippen LogP contribution < -0.4 is 4.81 Å². The number of para-hydroxylation sites is 1. The summed E-state index contributed by atoms with van der Waals surface area (Å²) in [6.07, 6.45) is 4.35. The molecule has 0 aliphatic carbocycles. The van der Waals surface area contributed by atoms with Gasteiger partial charge in [-0.15, -0.1) is 0 Å². The van der Waals surface area contributed by atoms with Crippen LogP contribution in [0.2, 0.25) is 0 Å². The second kappa shape index (κ2) is 5.83. The van der Waals surface area contributed by atoms with Crippen molar-refractivity contribution in [3.05, 3.63) is 83.8 Å². The molecule has 0 unspecified atom stereocenters. The molecule has 0 spiro atoms. The fourth-order valence-corrected chi connectivity index (χ4v) is 2.69. The minimum atomic E-state index is 0.329. The van der Waals surface area contributed by atoms with Crippen LogP contribution in [0.5, 0.6) is 0 Å². The summed E-state index contributed by atoms with van der Waals surface area (Å²) >= 11 is 0. The molecule has 2 aromatic rings. The van der Waals surface area contributed by atoms with Gasteiger partial charge >= 0.3 is 6.85 Å². The molecule has 0 atom stereocenters. The highest BCUT2D eigenvalue weighted by molar-refractivity contribution is 6.74. The molecule has 1 aliphatic heterocycles. The van der Waals surface area contributed by atoms with E-state index >= 15 is 0 Å². The zero-order chi connectivity index (χ0) is 13.8. The van der Waals surface area contributed by atoms with Crippen molar-refractivity contribution in [2.45, 2.75) is 13.5 Å². The fraction of sp³-hybridized carbons (Fsp3) is 0.111. The van der Waals surface area contributed by atoms with Crippen molar-refractivity contribution >= 4 is 18.6 Å². The summed E-state index contributed by atoms with van der Waals surface area (Å²) in [7, 11) is 0. The first-order chi connectivity index (χ1) is 9.88. The van der Waals surface area contributed by atoms with Crippen molar-refractivity contribution in [3.63, 3.8) is 0 Å². The average molecular weight is 259 g/mol. The van der Waals surface area contributed by atoms with Crippen LogP contribution in [0.4, 0.5) is 5.69 Å². The molecule has 0 amide bonds. The molecule has 0 N–H and O–H groups in total. The van der Waals surface area contributed by atoms with E-state index < -0.39 is 0 Å². The third-order valence-corrected chi connectivity index (χ3v) is 3.66. The lowest BCUT2D eigenvalue weighted by atomic mass is 9.57. The normalized spacial score (nSPS) is 13.8. The van der Waals surface area contributed by atoms with E-state index in [1.165, 1.54) is 16.8 Å². The average Bonchev–Trinajstić information content (AvgIpc) is 2.51. The smallest absolute Gasteiger partial charge is 0.308 e. The van der Waals surface area contributed by atoms with Crippen LogP contribution >= 0.6 is 0 Å². The maximum atomic E-state index is 2.45. The van der Waals surface area contributed by atoms with Gasteiger partial charge in [-0.3, -0.25) is 0 Å². The van der Waals surface area contributed by atoms with Gasteiger partial charge in [0.25, 0.3) is 0 Å². The van der Waals surface area contributed by atoms with Gasteiger partial charge < -0.3 is 4.81 Å². The van der Waals surface area contributed by atoms with Crippen LogP contribution in [0.25, 0.3) is 6.08 Å². The molecule has 1 nitrogen and oxygen atoms in total. The van der Waals surface area contributed by atoms with Gasteiger partial charge in [-0.2, -0.15) is 0 Å². The summed E-state index contributed by atoms with van der Waals surface area (Å²) in [6.45, 7) is 3.34. The molecular formula is C18H18BN. The van der Waals surface area contributed by atoms with E-state index in [1.54, 1.807) is 0 Å². The molecule has 0 aromatic heterocycles. The second-order valence-corrected chi connectivity index (χ2v) is 5.05. The molecule has 0 bridgehead atoms. The predicted octanol–water partition coefficient (Wildman–Crippen LogP) is 4.37. The van der Waals surface area contributed by atoms with E-state index in [4.69, 9.17) is 0 Å². The van der Waals surface area contributed by atoms with Gasteiger partial charge in [0.15, 0.2) is 0 Å². The van der Waals surface area contributed by atoms with E-state index in [0.29, 0.717) is 6.85 Å². The molecule has 3 rings (SSSR count). The molecule has 2 aromatic carbocycles. The first kappa shape index (κ1) is 12.8. The predicted molar refractivity (Wildman–Crippen MR) is 88.7 cm³/mol. The Bertz CT molecular complexity index is 631. The lowest BCUT2D eigenvalue weighted by Gasteiger charge is -2.32. The van der Waals surface area contributed by atoms with E-state index in [2.05, 4.69) is 90.4 Å². The number of fused-ring (bicyclic) bond motifs is 1. The van der Waals surface area contributed by atoms with Gasteiger partial charge in [0, 0.05) is 12.2 Å². The van der Waals surface area contributed by atoms with Crippen LogP contribution in [-0.2, 0) is 6.54 Å². The molecule has 20 heavy (non-hydrogen) atoms. The van der Waals surface area contributed by atoms with E-state index in [-0.39, 0.29) is 0 Å². The second-order valence-electron chi connectivity index (χ2n) is 5.05.